The number of carbonyl (C=O) groups excluding carboxylic acids is 1. The van der Waals surface area contributed by atoms with Gasteiger partial charge in [-0.3, -0.25) is 4.79 Å². The van der Waals surface area contributed by atoms with E-state index in [9.17, 15) is 4.79 Å². The summed E-state index contributed by atoms with van der Waals surface area (Å²) in [6.45, 7) is 4.12. The minimum Gasteiger partial charge on any atom is -0.465 e. The number of benzene rings is 1. The number of carbonyl (C=O) groups is 1. The molecule has 3 rings (SSSR count). The van der Waals surface area contributed by atoms with Gasteiger partial charge >= 0.3 is 5.97 Å². The van der Waals surface area contributed by atoms with E-state index in [1.807, 2.05) is 53.9 Å². The van der Waals surface area contributed by atoms with Crippen molar-refractivity contribution in [2.75, 3.05) is 6.61 Å². The molecule has 0 amide bonds. The Bertz CT molecular complexity index is 903. The van der Waals surface area contributed by atoms with Gasteiger partial charge in [0.05, 0.1) is 18.0 Å². The third-order valence-corrected chi connectivity index (χ3v) is 4.53. The van der Waals surface area contributed by atoms with Gasteiger partial charge in [0.2, 0.25) is 0 Å². The first-order chi connectivity index (χ1) is 12.0. The zero-order chi connectivity index (χ0) is 18.0. The number of hydrogen-bond acceptors (Lipinski definition) is 4. The summed E-state index contributed by atoms with van der Waals surface area (Å²) in [4.78, 5) is 16.7. The van der Waals surface area contributed by atoms with Crippen molar-refractivity contribution in [2.45, 2.75) is 26.3 Å². The number of aryl methyl sites for hydroxylation is 1. The van der Waals surface area contributed by atoms with Gasteiger partial charge in [0.15, 0.2) is 0 Å². The van der Waals surface area contributed by atoms with E-state index in [1.54, 1.807) is 6.92 Å². The average molecular weight is 402 g/mol. The topological polar surface area (TPSA) is 69.6 Å². The summed E-state index contributed by atoms with van der Waals surface area (Å²) in [5.41, 5.74) is 10.7. The predicted octanol–water partition coefficient (Wildman–Crippen LogP) is 3.51. The quantitative estimate of drug-likeness (QED) is 0.664. The SMILES string of the molecule is CCOC(=O)C(N)Cc1c(-c2ccc(Br)cc2)nc2cc(C)ccn12. The fourth-order valence-electron chi connectivity index (χ4n) is 2.77. The molecule has 0 aliphatic rings. The van der Waals surface area contributed by atoms with Crippen molar-refractivity contribution in [1.29, 1.82) is 0 Å². The number of fused-ring (bicyclic) bond motifs is 1. The Morgan fingerprint density at radius 2 is 2.04 bits per heavy atom. The number of nitrogens with zero attached hydrogens (tertiary/aromatic N) is 2. The van der Waals surface area contributed by atoms with Crippen molar-refractivity contribution in [3.05, 3.63) is 58.3 Å². The molecule has 2 heterocycles. The van der Waals surface area contributed by atoms with E-state index in [-0.39, 0.29) is 0 Å². The molecule has 2 N–H and O–H groups in total. The molecule has 0 spiro atoms. The zero-order valence-corrected chi connectivity index (χ0v) is 15.8. The van der Waals surface area contributed by atoms with Gasteiger partial charge in [0.1, 0.15) is 11.7 Å². The molecule has 1 aromatic carbocycles. The van der Waals surface area contributed by atoms with E-state index in [0.29, 0.717) is 13.0 Å². The molecule has 3 aromatic rings. The summed E-state index contributed by atoms with van der Waals surface area (Å²) < 4.78 is 8.04. The molecule has 25 heavy (non-hydrogen) atoms. The lowest BCUT2D eigenvalue weighted by atomic mass is 10.1. The Balaban J connectivity index is 2.08. The number of nitrogens with two attached hydrogens (primary N) is 1. The van der Waals surface area contributed by atoms with Crippen molar-refractivity contribution in [3.8, 4) is 11.3 Å². The Labute approximate surface area is 154 Å². The maximum Gasteiger partial charge on any atom is 0.323 e. The standard InChI is InChI=1S/C19H20BrN3O2/c1-3-25-19(24)15(21)11-16-18(13-4-6-14(20)7-5-13)22-17-10-12(2)8-9-23(16)17/h4-10,15H,3,11,21H2,1-2H3. The Hall–Kier alpha value is -2.18. The van der Waals surface area contributed by atoms with Crippen LogP contribution in [0.5, 0.6) is 0 Å². The second-order valence-corrected chi connectivity index (χ2v) is 6.82. The maximum absolute atomic E-state index is 12.0. The predicted molar refractivity (Wildman–Crippen MR) is 101 cm³/mol. The van der Waals surface area contributed by atoms with Crippen LogP contribution in [0.4, 0.5) is 0 Å². The van der Waals surface area contributed by atoms with Crippen molar-refractivity contribution < 1.29 is 9.53 Å². The molecule has 0 aliphatic carbocycles. The first-order valence-electron chi connectivity index (χ1n) is 8.15. The van der Waals surface area contributed by atoms with Crippen LogP contribution in [0, 0.1) is 6.92 Å². The molecular weight excluding hydrogens is 382 g/mol. The molecule has 2 aromatic heterocycles. The number of rotatable bonds is 5. The normalized spacial score (nSPS) is 12.3. The van der Waals surface area contributed by atoms with E-state index in [4.69, 9.17) is 15.5 Å². The van der Waals surface area contributed by atoms with Crippen LogP contribution in [0.1, 0.15) is 18.2 Å². The van der Waals surface area contributed by atoms with Crippen molar-refractivity contribution in [1.82, 2.24) is 9.38 Å². The molecular formula is C19H20BrN3O2. The van der Waals surface area contributed by atoms with Crippen LogP contribution in [0.3, 0.4) is 0 Å². The second-order valence-electron chi connectivity index (χ2n) is 5.91. The highest BCUT2D eigenvalue weighted by molar-refractivity contribution is 9.10. The number of esters is 1. The highest BCUT2D eigenvalue weighted by Crippen LogP contribution is 2.27. The fraction of sp³-hybridized carbons (Fsp3) is 0.263. The lowest BCUT2D eigenvalue weighted by Gasteiger charge is -2.12. The van der Waals surface area contributed by atoms with Gasteiger partial charge in [-0.1, -0.05) is 28.1 Å². The maximum atomic E-state index is 12.0. The van der Waals surface area contributed by atoms with Crippen LogP contribution >= 0.6 is 15.9 Å². The van der Waals surface area contributed by atoms with Gasteiger partial charge < -0.3 is 14.9 Å². The Morgan fingerprint density at radius 3 is 2.72 bits per heavy atom. The van der Waals surface area contributed by atoms with Crippen LogP contribution in [0.25, 0.3) is 16.9 Å². The van der Waals surface area contributed by atoms with Crippen molar-refractivity contribution in [3.63, 3.8) is 0 Å². The number of pyridine rings is 1. The minimum atomic E-state index is -0.727. The lowest BCUT2D eigenvalue weighted by molar-refractivity contribution is -0.144. The molecule has 0 fully saturated rings. The number of imidazole rings is 1. The molecule has 0 aliphatic heterocycles. The van der Waals surface area contributed by atoms with Crippen LogP contribution in [0.2, 0.25) is 0 Å². The van der Waals surface area contributed by atoms with E-state index in [0.717, 1.165) is 32.6 Å². The third-order valence-electron chi connectivity index (χ3n) is 4.00. The van der Waals surface area contributed by atoms with Crippen LogP contribution < -0.4 is 5.73 Å². The first kappa shape index (κ1) is 17.6. The van der Waals surface area contributed by atoms with Gasteiger partial charge in [-0.25, -0.2) is 4.98 Å². The van der Waals surface area contributed by atoms with Crippen LogP contribution in [-0.2, 0) is 16.0 Å². The summed E-state index contributed by atoms with van der Waals surface area (Å²) in [5, 5.41) is 0. The molecule has 0 radical (unpaired) electrons. The van der Waals surface area contributed by atoms with Gasteiger partial charge in [-0.15, -0.1) is 0 Å². The van der Waals surface area contributed by atoms with Gasteiger partial charge in [-0.05, 0) is 43.7 Å². The van der Waals surface area contributed by atoms with Crippen LogP contribution in [-0.4, -0.2) is 28.0 Å². The summed E-state index contributed by atoms with van der Waals surface area (Å²) in [7, 11) is 0. The first-order valence-corrected chi connectivity index (χ1v) is 8.94. The van der Waals surface area contributed by atoms with Gasteiger partial charge in [0, 0.05) is 22.7 Å². The van der Waals surface area contributed by atoms with Crippen molar-refractivity contribution >= 4 is 27.5 Å². The molecule has 0 bridgehead atoms. The second kappa shape index (κ2) is 7.37. The van der Waals surface area contributed by atoms with E-state index < -0.39 is 12.0 Å². The van der Waals surface area contributed by atoms with E-state index >= 15 is 0 Å². The average Bonchev–Trinajstić information content (AvgIpc) is 2.93. The van der Waals surface area contributed by atoms with Gasteiger partial charge in [0.25, 0.3) is 0 Å². The van der Waals surface area contributed by atoms with Crippen molar-refractivity contribution in [2.24, 2.45) is 5.73 Å². The third kappa shape index (κ3) is 3.75. The highest BCUT2D eigenvalue weighted by atomic mass is 79.9. The Kier molecular flexibility index (Phi) is 5.20. The fourth-order valence-corrected chi connectivity index (χ4v) is 3.04. The number of aromatic nitrogens is 2. The number of hydrogen-bond donors (Lipinski definition) is 1. The number of ether oxygens (including phenoxy) is 1. The van der Waals surface area contributed by atoms with Gasteiger partial charge in [-0.2, -0.15) is 0 Å². The number of halogens is 1. The molecule has 1 unspecified atom stereocenters. The minimum absolute atomic E-state index is 0.318. The molecule has 1 atom stereocenters. The summed E-state index contributed by atoms with van der Waals surface area (Å²) >= 11 is 3.45. The lowest BCUT2D eigenvalue weighted by Crippen LogP contribution is -2.34. The summed E-state index contributed by atoms with van der Waals surface area (Å²) in [6, 6.07) is 11.2. The van der Waals surface area contributed by atoms with E-state index in [1.165, 1.54) is 0 Å². The summed E-state index contributed by atoms with van der Waals surface area (Å²) in [5.74, 6) is -0.397. The smallest absolute Gasteiger partial charge is 0.323 e. The van der Waals surface area contributed by atoms with Crippen LogP contribution in [0.15, 0.2) is 47.1 Å². The zero-order valence-electron chi connectivity index (χ0n) is 14.2. The Morgan fingerprint density at radius 1 is 1.32 bits per heavy atom. The monoisotopic (exact) mass is 401 g/mol. The largest absolute Gasteiger partial charge is 0.465 e. The highest BCUT2D eigenvalue weighted by Gasteiger charge is 2.21. The molecule has 130 valence electrons. The molecule has 5 nitrogen and oxygen atoms in total. The van der Waals surface area contributed by atoms with E-state index in [2.05, 4.69) is 15.9 Å². The molecule has 0 saturated heterocycles. The molecule has 0 saturated carbocycles. The summed E-state index contributed by atoms with van der Waals surface area (Å²) in [6.07, 6.45) is 2.32. The molecule has 6 heteroatoms.